The van der Waals surface area contributed by atoms with Crippen LogP contribution in [0.15, 0.2) is 46.0 Å². The number of ether oxygens (including phenoxy) is 2. The Labute approximate surface area is 142 Å². The molecule has 2 aromatic rings. The van der Waals surface area contributed by atoms with E-state index in [0.29, 0.717) is 35.3 Å². The van der Waals surface area contributed by atoms with E-state index in [1.807, 2.05) is 31.2 Å². The third-order valence-corrected chi connectivity index (χ3v) is 3.96. The van der Waals surface area contributed by atoms with E-state index in [1.165, 1.54) is 6.21 Å². The lowest BCUT2D eigenvalue weighted by molar-refractivity contribution is 0.269. The number of oxime groups is 1. The van der Waals surface area contributed by atoms with Crippen molar-refractivity contribution >= 4 is 33.7 Å². The van der Waals surface area contributed by atoms with Crippen molar-refractivity contribution in [2.45, 2.75) is 13.5 Å². The molecule has 2 rings (SSSR count). The third-order valence-electron chi connectivity index (χ3n) is 2.90. The number of nitrogens with zero attached hydrogens (tertiary/aromatic N) is 1. The molecule has 0 radical (unpaired) electrons. The maximum absolute atomic E-state index is 8.68. The van der Waals surface area contributed by atoms with Gasteiger partial charge < -0.3 is 14.7 Å². The van der Waals surface area contributed by atoms with Crippen LogP contribution in [0.1, 0.15) is 18.1 Å². The van der Waals surface area contributed by atoms with E-state index in [2.05, 4.69) is 21.1 Å². The van der Waals surface area contributed by atoms with Gasteiger partial charge in [0.05, 0.1) is 12.8 Å². The second-order valence-electron chi connectivity index (χ2n) is 4.38. The number of halogens is 2. The SMILES string of the molecule is CCOc1cc(C=NO)c(Br)cc1OCc1ccccc1Cl. The Bertz CT molecular complexity index is 676. The van der Waals surface area contributed by atoms with E-state index >= 15 is 0 Å². The average Bonchev–Trinajstić information content (AvgIpc) is 2.50. The lowest BCUT2D eigenvalue weighted by atomic mass is 10.2. The molecule has 4 nitrogen and oxygen atoms in total. The van der Waals surface area contributed by atoms with E-state index in [9.17, 15) is 0 Å². The maximum Gasteiger partial charge on any atom is 0.162 e. The summed E-state index contributed by atoms with van der Waals surface area (Å²) in [5, 5.41) is 12.4. The lowest BCUT2D eigenvalue weighted by Gasteiger charge is -2.14. The molecule has 0 aromatic heterocycles. The van der Waals surface area contributed by atoms with Crippen molar-refractivity contribution in [3.63, 3.8) is 0 Å². The Balaban J connectivity index is 2.25. The molecule has 0 saturated carbocycles. The second-order valence-corrected chi connectivity index (χ2v) is 5.64. The predicted octanol–water partition coefficient (Wildman–Crippen LogP) is 4.89. The van der Waals surface area contributed by atoms with Crippen molar-refractivity contribution in [2.75, 3.05) is 6.61 Å². The van der Waals surface area contributed by atoms with Crippen molar-refractivity contribution in [1.82, 2.24) is 0 Å². The topological polar surface area (TPSA) is 51.0 Å². The molecule has 0 bridgehead atoms. The summed E-state index contributed by atoms with van der Waals surface area (Å²) in [6.45, 7) is 2.72. The predicted molar refractivity (Wildman–Crippen MR) is 90.5 cm³/mol. The molecule has 0 saturated heterocycles. The van der Waals surface area contributed by atoms with Gasteiger partial charge in [0.15, 0.2) is 11.5 Å². The van der Waals surface area contributed by atoms with Crippen LogP contribution >= 0.6 is 27.5 Å². The van der Waals surface area contributed by atoms with E-state index in [-0.39, 0.29) is 0 Å². The highest BCUT2D eigenvalue weighted by Gasteiger charge is 2.11. The molecule has 116 valence electrons. The minimum atomic E-state index is 0.333. The molecule has 0 aliphatic heterocycles. The van der Waals surface area contributed by atoms with Gasteiger partial charge in [0.1, 0.15) is 6.61 Å². The number of hydrogen-bond donors (Lipinski definition) is 1. The summed E-state index contributed by atoms with van der Waals surface area (Å²) in [6, 6.07) is 11.0. The van der Waals surface area contributed by atoms with Gasteiger partial charge in [0.25, 0.3) is 0 Å². The van der Waals surface area contributed by atoms with Gasteiger partial charge in [-0.05, 0) is 41.1 Å². The Kier molecular flexibility index (Phi) is 6.10. The molecule has 22 heavy (non-hydrogen) atoms. The molecule has 0 aliphatic rings. The summed E-state index contributed by atoms with van der Waals surface area (Å²) in [7, 11) is 0. The summed E-state index contributed by atoms with van der Waals surface area (Å²) < 4.78 is 12.1. The first-order chi connectivity index (χ1) is 10.7. The minimum Gasteiger partial charge on any atom is -0.490 e. The van der Waals surface area contributed by atoms with Gasteiger partial charge in [-0.15, -0.1) is 0 Å². The first-order valence-electron chi connectivity index (χ1n) is 6.65. The van der Waals surface area contributed by atoms with Gasteiger partial charge >= 0.3 is 0 Å². The largest absolute Gasteiger partial charge is 0.490 e. The molecule has 0 atom stereocenters. The summed E-state index contributed by atoms with van der Waals surface area (Å²) in [6.07, 6.45) is 1.32. The van der Waals surface area contributed by atoms with Crippen molar-refractivity contribution < 1.29 is 14.7 Å². The van der Waals surface area contributed by atoms with Crippen LogP contribution in [0.5, 0.6) is 11.5 Å². The quantitative estimate of drug-likeness (QED) is 0.438. The lowest BCUT2D eigenvalue weighted by Crippen LogP contribution is -2.01. The van der Waals surface area contributed by atoms with Crippen LogP contribution in [-0.2, 0) is 6.61 Å². The molecule has 0 amide bonds. The highest BCUT2D eigenvalue weighted by atomic mass is 79.9. The molecule has 0 spiro atoms. The first-order valence-corrected chi connectivity index (χ1v) is 7.82. The Morgan fingerprint density at radius 1 is 1.23 bits per heavy atom. The molecule has 2 aromatic carbocycles. The van der Waals surface area contributed by atoms with Crippen LogP contribution in [0.25, 0.3) is 0 Å². The van der Waals surface area contributed by atoms with Crippen molar-refractivity contribution in [3.8, 4) is 11.5 Å². The molecule has 0 fully saturated rings. The molecule has 0 aliphatic carbocycles. The Morgan fingerprint density at radius 2 is 1.95 bits per heavy atom. The summed E-state index contributed by atoms with van der Waals surface area (Å²) >= 11 is 9.53. The fourth-order valence-electron chi connectivity index (χ4n) is 1.86. The van der Waals surface area contributed by atoms with Gasteiger partial charge in [-0.1, -0.05) is 35.0 Å². The monoisotopic (exact) mass is 383 g/mol. The fraction of sp³-hybridized carbons (Fsp3) is 0.188. The van der Waals surface area contributed by atoms with Crippen molar-refractivity contribution in [3.05, 3.63) is 57.0 Å². The Hall–Kier alpha value is -1.72. The average molecular weight is 385 g/mol. The highest BCUT2D eigenvalue weighted by molar-refractivity contribution is 9.10. The fourth-order valence-corrected chi connectivity index (χ4v) is 2.48. The van der Waals surface area contributed by atoms with Crippen LogP contribution in [0.4, 0.5) is 0 Å². The summed E-state index contributed by atoms with van der Waals surface area (Å²) in [5.41, 5.74) is 1.58. The molecule has 0 heterocycles. The van der Waals surface area contributed by atoms with Crippen molar-refractivity contribution in [2.24, 2.45) is 5.16 Å². The van der Waals surface area contributed by atoms with Crippen LogP contribution in [0.3, 0.4) is 0 Å². The van der Waals surface area contributed by atoms with Gasteiger partial charge in [0.2, 0.25) is 0 Å². The zero-order valence-corrected chi connectivity index (χ0v) is 14.3. The van der Waals surface area contributed by atoms with Crippen molar-refractivity contribution in [1.29, 1.82) is 0 Å². The van der Waals surface area contributed by atoms with Crippen LogP contribution in [0.2, 0.25) is 5.02 Å². The summed E-state index contributed by atoms with van der Waals surface area (Å²) in [4.78, 5) is 0. The smallest absolute Gasteiger partial charge is 0.162 e. The third kappa shape index (κ3) is 4.15. The normalized spacial score (nSPS) is 10.9. The van der Waals surface area contributed by atoms with Crippen LogP contribution in [0, 0.1) is 0 Å². The van der Waals surface area contributed by atoms with E-state index in [0.717, 1.165) is 10.0 Å². The molecular weight excluding hydrogens is 370 g/mol. The van der Waals surface area contributed by atoms with Gasteiger partial charge in [-0.2, -0.15) is 0 Å². The standard InChI is InChI=1S/C16H15BrClNO3/c1-2-21-15-7-12(9-19-20)13(17)8-16(15)22-10-11-5-3-4-6-14(11)18/h3-9,20H,2,10H2,1H3. The minimum absolute atomic E-state index is 0.333. The Morgan fingerprint density at radius 3 is 2.64 bits per heavy atom. The van der Waals surface area contributed by atoms with Crippen LogP contribution in [-0.4, -0.2) is 18.0 Å². The van der Waals surface area contributed by atoms with Crippen LogP contribution < -0.4 is 9.47 Å². The first kappa shape index (κ1) is 16.6. The zero-order chi connectivity index (χ0) is 15.9. The second kappa shape index (κ2) is 8.06. The van der Waals surface area contributed by atoms with Gasteiger partial charge in [-0.25, -0.2) is 0 Å². The highest BCUT2D eigenvalue weighted by Crippen LogP contribution is 2.34. The number of rotatable bonds is 6. The summed E-state index contributed by atoms with van der Waals surface area (Å²) in [5.74, 6) is 1.16. The molecule has 0 unspecified atom stereocenters. The molecular formula is C16H15BrClNO3. The molecule has 6 heteroatoms. The zero-order valence-electron chi connectivity index (χ0n) is 11.9. The van der Waals surface area contributed by atoms with E-state index < -0.39 is 0 Å². The maximum atomic E-state index is 8.68. The van der Waals surface area contributed by atoms with Gasteiger partial charge in [0, 0.05) is 20.6 Å². The van der Waals surface area contributed by atoms with Gasteiger partial charge in [-0.3, -0.25) is 0 Å². The van der Waals surface area contributed by atoms with E-state index in [4.69, 9.17) is 26.3 Å². The molecule has 1 N–H and O–H groups in total. The van der Waals surface area contributed by atoms with E-state index in [1.54, 1.807) is 12.1 Å². The number of hydrogen-bond acceptors (Lipinski definition) is 4. The number of benzene rings is 2.